The van der Waals surface area contributed by atoms with Crippen LogP contribution < -0.4 is 10.6 Å². The van der Waals surface area contributed by atoms with E-state index in [1.807, 2.05) is 54.6 Å². The molecule has 1 atom stereocenters. The van der Waals surface area contributed by atoms with Crippen molar-refractivity contribution in [2.24, 2.45) is 0 Å². The SMILES string of the molecule is CC(NC(=O)/C=C/c1ccccc1)C(=O)NCc1ccc(Cn2cncn2)cc1. The molecule has 0 radical (unpaired) electrons. The number of benzene rings is 2. The minimum Gasteiger partial charge on any atom is -0.350 e. The summed E-state index contributed by atoms with van der Waals surface area (Å²) in [5, 5.41) is 9.58. The lowest BCUT2D eigenvalue weighted by atomic mass is 10.1. The summed E-state index contributed by atoms with van der Waals surface area (Å²) >= 11 is 0. The zero-order valence-corrected chi connectivity index (χ0v) is 16.2. The van der Waals surface area contributed by atoms with Crippen molar-refractivity contribution in [2.45, 2.75) is 26.1 Å². The molecule has 0 spiro atoms. The van der Waals surface area contributed by atoms with Crippen LogP contribution in [-0.4, -0.2) is 32.6 Å². The molecule has 0 fully saturated rings. The van der Waals surface area contributed by atoms with Crippen LogP contribution in [0.25, 0.3) is 6.08 Å². The molecule has 1 unspecified atom stereocenters. The van der Waals surface area contributed by atoms with Gasteiger partial charge in [0.05, 0.1) is 6.54 Å². The van der Waals surface area contributed by atoms with Crippen molar-refractivity contribution in [3.05, 3.63) is 90.0 Å². The fraction of sp³-hybridized carbons (Fsp3) is 0.182. The van der Waals surface area contributed by atoms with E-state index >= 15 is 0 Å². The number of nitrogens with one attached hydrogen (secondary N) is 2. The Hall–Kier alpha value is -3.74. The van der Waals surface area contributed by atoms with Gasteiger partial charge in [0.2, 0.25) is 11.8 Å². The second-order valence-corrected chi connectivity index (χ2v) is 6.60. The minimum atomic E-state index is -0.630. The summed E-state index contributed by atoms with van der Waals surface area (Å²) in [6.45, 7) is 2.69. The number of aromatic nitrogens is 3. The Morgan fingerprint density at radius 2 is 1.79 bits per heavy atom. The number of carbonyl (C=O) groups is 2. The van der Waals surface area contributed by atoms with Gasteiger partial charge in [-0.05, 0) is 29.7 Å². The van der Waals surface area contributed by atoms with Gasteiger partial charge in [0.25, 0.3) is 0 Å². The maximum Gasteiger partial charge on any atom is 0.244 e. The van der Waals surface area contributed by atoms with E-state index in [1.165, 1.54) is 12.4 Å². The molecule has 0 saturated carbocycles. The van der Waals surface area contributed by atoms with E-state index in [-0.39, 0.29) is 11.8 Å². The highest BCUT2D eigenvalue weighted by Crippen LogP contribution is 2.06. The molecule has 7 heteroatoms. The number of hydrogen-bond acceptors (Lipinski definition) is 4. The van der Waals surface area contributed by atoms with Crippen molar-refractivity contribution in [2.75, 3.05) is 0 Å². The van der Waals surface area contributed by atoms with E-state index < -0.39 is 6.04 Å². The third-order valence-corrected chi connectivity index (χ3v) is 4.28. The van der Waals surface area contributed by atoms with E-state index in [9.17, 15) is 9.59 Å². The monoisotopic (exact) mass is 389 g/mol. The van der Waals surface area contributed by atoms with Gasteiger partial charge in [0.1, 0.15) is 18.7 Å². The zero-order valence-electron chi connectivity index (χ0n) is 16.2. The summed E-state index contributed by atoms with van der Waals surface area (Å²) in [6, 6.07) is 16.8. The molecule has 0 bridgehead atoms. The normalized spacial score (nSPS) is 11.9. The molecule has 0 saturated heterocycles. The fourth-order valence-electron chi connectivity index (χ4n) is 2.67. The van der Waals surface area contributed by atoms with Crippen LogP contribution in [0.5, 0.6) is 0 Å². The number of amides is 2. The molecular weight excluding hydrogens is 366 g/mol. The van der Waals surface area contributed by atoms with Crippen LogP contribution in [0.4, 0.5) is 0 Å². The Balaban J connectivity index is 1.43. The molecule has 148 valence electrons. The van der Waals surface area contributed by atoms with E-state index in [0.29, 0.717) is 13.1 Å². The maximum absolute atomic E-state index is 12.2. The first-order valence-electron chi connectivity index (χ1n) is 9.32. The number of hydrogen-bond donors (Lipinski definition) is 2. The summed E-state index contributed by atoms with van der Waals surface area (Å²) in [4.78, 5) is 28.1. The second-order valence-electron chi connectivity index (χ2n) is 6.60. The number of carbonyl (C=O) groups excluding carboxylic acids is 2. The van der Waals surface area contributed by atoms with Gasteiger partial charge in [-0.15, -0.1) is 0 Å². The molecule has 29 heavy (non-hydrogen) atoms. The number of rotatable bonds is 8. The van der Waals surface area contributed by atoms with Gasteiger partial charge >= 0.3 is 0 Å². The Labute approximate surface area is 169 Å². The van der Waals surface area contributed by atoms with Crippen molar-refractivity contribution in [3.63, 3.8) is 0 Å². The third kappa shape index (κ3) is 6.42. The van der Waals surface area contributed by atoms with Gasteiger partial charge in [0, 0.05) is 12.6 Å². The van der Waals surface area contributed by atoms with Crippen molar-refractivity contribution in [1.29, 1.82) is 0 Å². The van der Waals surface area contributed by atoms with Gasteiger partial charge in [-0.3, -0.25) is 9.59 Å². The number of nitrogens with zero attached hydrogens (tertiary/aromatic N) is 3. The molecule has 1 heterocycles. The van der Waals surface area contributed by atoms with Crippen LogP contribution in [0.2, 0.25) is 0 Å². The zero-order chi connectivity index (χ0) is 20.5. The minimum absolute atomic E-state index is 0.238. The first-order chi connectivity index (χ1) is 14.1. The molecule has 1 aromatic heterocycles. The average molecular weight is 389 g/mol. The molecule has 0 aliphatic rings. The Kier molecular flexibility index (Phi) is 6.89. The topological polar surface area (TPSA) is 88.9 Å². The van der Waals surface area contributed by atoms with Gasteiger partial charge in [0.15, 0.2) is 0 Å². The standard InChI is InChI=1S/C22H23N5O2/c1-17(26-21(28)12-11-18-5-3-2-4-6-18)22(29)24-13-19-7-9-20(10-8-19)14-27-16-23-15-25-27/h2-12,15-17H,13-14H2,1H3,(H,24,29)(H,26,28)/b12-11+. The molecule has 2 aromatic carbocycles. The van der Waals surface area contributed by atoms with E-state index in [4.69, 9.17) is 0 Å². The van der Waals surface area contributed by atoms with E-state index in [1.54, 1.807) is 24.0 Å². The lowest BCUT2D eigenvalue weighted by Gasteiger charge is -2.13. The molecule has 2 amide bonds. The summed E-state index contributed by atoms with van der Waals surface area (Å²) < 4.78 is 1.74. The highest BCUT2D eigenvalue weighted by Gasteiger charge is 2.13. The van der Waals surface area contributed by atoms with Crippen LogP contribution in [0.1, 0.15) is 23.6 Å². The second kappa shape index (κ2) is 9.98. The molecule has 7 nitrogen and oxygen atoms in total. The van der Waals surface area contributed by atoms with Crippen LogP contribution in [0.15, 0.2) is 73.3 Å². The fourth-order valence-corrected chi connectivity index (χ4v) is 2.67. The summed E-state index contributed by atoms with van der Waals surface area (Å²) in [6.07, 6.45) is 6.30. The van der Waals surface area contributed by atoms with Crippen LogP contribution >= 0.6 is 0 Å². The van der Waals surface area contributed by atoms with Crippen molar-refractivity contribution >= 4 is 17.9 Å². The predicted octanol–water partition coefficient (Wildman–Crippen LogP) is 2.16. The summed E-state index contributed by atoms with van der Waals surface area (Å²) in [7, 11) is 0. The van der Waals surface area contributed by atoms with Crippen LogP contribution in [0.3, 0.4) is 0 Å². The first kappa shape index (κ1) is 20.0. The van der Waals surface area contributed by atoms with Gasteiger partial charge < -0.3 is 10.6 Å². The Bertz CT molecular complexity index is 951. The third-order valence-electron chi connectivity index (χ3n) is 4.28. The van der Waals surface area contributed by atoms with E-state index in [0.717, 1.165) is 16.7 Å². The summed E-state index contributed by atoms with van der Waals surface area (Å²) in [5.41, 5.74) is 2.99. The quantitative estimate of drug-likeness (QED) is 0.578. The first-order valence-corrected chi connectivity index (χ1v) is 9.32. The molecule has 3 aromatic rings. The lowest BCUT2D eigenvalue weighted by molar-refractivity contribution is -0.126. The van der Waals surface area contributed by atoms with Gasteiger partial charge in [-0.1, -0.05) is 54.6 Å². The van der Waals surface area contributed by atoms with Crippen molar-refractivity contribution in [3.8, 4) is 0 Å². The Morgan fingerprint density at radius 3 is 2.48 bits per heavy atom. The Morgan fingerprint density at radius 1 is 1.07 bits per heavy atom. The smallest absolute Gasteiger partial charge is 0.244 e. The molecule has 0 aliphatic carbocycles. The molecule has 0 aliphatic heterocycles. The maximum atomic E-state index is 12.2. The van der Waals surface area contributed by atoms with E-state index in [2.05, 4.69) is 20.7 Å². The lowest BCUT2D eigenvalue weighted by Crippen LogP contribution is -2.44. The van der Waals surface area contributed by atoms with Crippen molar-refractivity contribution < 1.29 is 9.59 Å². The van der Waals surface area contributed by atoms with Crippen LogP contribution in [0, 0.1) is 0 Å². The molecule has 2 N–H and O–H groups in total. The highest BCUT2D eigenvalue weighted by atomic mass is 16.2. The molecule has 3 rings (SSSR count). The van der Waals surface area contributed by atoms with Crippen LogP contribution in [-0.2, 0) is 22.7 Å². The van der Waals surface area contributed by atoms with Gasteiger partial charge in [-0.25, -0.2) is 9.67 Å². The molecular formula is C22H23N5O2. The largest absolute Gasteiger partial charge is 0.350 e. The summed E-state index contributed by atoms with van der Waals surface area (Å²) in [5.74, 6) is -0.549. The van der Waals surface area contributed by atoms with Crippen molar-refractivity contribution in [1.82, 2.24) is 25.4 Å². The average Bonchev–Trinajstić information content (AvgIpc) is 3.25. The highest BCUT2D eigenvalue weighted by molar-refractivity contribution is 5.95. The van der Waals surface area contributed by atoms with Gasteiger partial charge in [-0.2, -0.15) is 5.10 Å². The predicted molar refractivity (Wildman–Crippen MR) is 110 cm³/mol.